The molecule has 0 atom stereocenters. The van der Waals surface area contributed by atoms with E-state index in [4.69, 9.17) is 5.11 Å². The van der Waals surface area contributed by atoms with E-state index in [0.29, 0.717) is 0 Å². The molecule has 0 aromatic rings. The summed E-state index contributed by atoms with van der Waals surface area (Å²) >= 11 is 0. The number of allylic oxidation sites excluding steroid dienone is 4. The summed E-state index contributed by atoms with van der Waals surface area (Å²) < 4.78 is 0. The molecule has 0 aliphatic heterocycles. The van der Waals surface area contributed by atoms with Crippen LogP contribution in [0.5, 0.6) is 0 Å². The molecule has 0 radical (unpaired) electrons. The molecule has 1 heteroatoms. The van der Waals surface area contributed by atoms with E-state index in [1.54, 1.807) is 0 Å². The Labute approximate surface area is 44.0 Å². The summed E-state index contributed by atoms with van der Waals surface area (Å²) in [6, 6.07) is 0. The van der Waals surface area contributed by atoms with Crippen LogP contribution < -0.4 is 0 Å². The lowest BCUT2D eigenvalue weighted by Gasteiger charge is -1.57. The Balaban J connectivity index is 0.000000162. The minimum Gasteiger partial charge on any atom is -0.400 e. The molecule has 0 heterocycles. The van der Waals surface area contributed by atoms with Crippen molar-refractivity contribution in [1.82, 2.24) is 0 Å². The van der Waals surface area contributed by atoms with Gasteiger partial charge in [0, 0.05) is 7.11 Å². The molecule has 0 aromatic carbocycles. The smallest absolute Gasteiger partial charge is 0.0319 e. The van der Waals surface area contributed by atoms with Gasteiger partial charge in [-0.15, -0.1) is 0 Å². The summed E-state index contributed by atoms with van der Waals surface area (Å²) in [4.78, 5) is 0. The van der Waals surface area contributed by atoms with Crippen molar-refractivity contribution in [2.45, 2.75) is 6.42 Å². The molecule has 0 aromatic heterocycles. The normalized spacial score (nSPS) is 13.4. The second-order valence-corrected chi connectivity index (χ2v) is 1.09. The van der Waals surface area contributed by atoms with Gasteiger partial charge in [0.15, 0.2) is 0 Å². The highest BCUT2D eigenvalue weighted by Gasteiger charge is 1.72. The molecule has 0 fully saturated rings. The highest BCUT2D eigenvalue weighted by molar-refractivity contribution is 5.11. The van der Waals surface area contributed by atoms with Gasteiger partial charge in [0.25, 0.3) is 0 Å². The van der Waals surface area contributed by atoms with E-state index in [0.717, 1.165) is 13.5 Å². The second-order valence-electron chi connectivity index (χ2n) is 1.09. The predicted octanol–water partition coefficient (Wildman–Crippen LogP) is 1.11. The third kappa shape index (κ3) is 3.27. The Morgan fingerprint density at radius 3 is 1.71 bits per heavy atom. The number of hydrogen-bond acceptors (Lipinski definition) is 1. The molecule has 1 aliphatic rings. The SMILES string of the molecule is C1=CCC=C1.CO. The fraction of sp³-hybridized carbons (Fsp3) is 0.333. The van der Waals surface area contributed by atoms with Crippen molar-refractivity contribution in [2.24, 2.45) is 0 Å². The van der Waals surface area contributed by atoms with Crippen LogP contribution in [0.15, 0.2) is 24.3 Å². The lowest BCUT2D eigenvalue weighted by atomic mass is 10.5. The average Bonchev–Trinajstić information content (AvgIpc) is 2.23. The molecule has 1 N–H and O–H groups in total. The van der Waals surface area contributed by atoms with Crippen LogP contribution in [0, 0.1) is 0 Å². The number of hydrogen-bond donors (Lipinski definition) is 1. The van der Waals surface area contributed by atoms with E-state index in [-0.39, 0.29) is 0 Å². The molecule has 0 unspecified atom stereocenters. The Morgan fingerprint density at radius 2 is 1.57 bits per heavy atom. The first-order chi connectivity index (χ1) is 3.50. The zero-order valence-electron chi connectivity index (χ0n) is 4.46. The van der Waals surface area contributed by atoms with Crippen LogP contribution in [0.1, 0.15) is 6.42 Å². The molecular weight excluding hydrogens is 88.1 g/mol. The Hall–Kier alpha value is -0.560. The summed E-state index contributed by atoms with van der Waals surface area (Å²) in [6.07, 6.45) is 9.50. The standard InChI is InChI=1S/C5H6.CH4O/c1-2-4-5-3-1;1-2/h1-4H,5H2;2H,1H3. The van der Waals surface area contributed by atoms with E-state index in [2.05, 4.69) is 24.3 Å². The number of aliphatic hydroxyl groups excluding tert-OH is 1. The van der Waals surface area contributed by atoms with Crippen LogP contribution in [0.25, 0.3) is 0 Å². The largest absolute Gasteiger partial charge is 0.400 e. The molecule has 0 amide bonds. The van der Waals surface area contributed by atoms with Crippen molar-refractivity contribution in [3.8, 4) is 0 Å². The molecule has 1 nitrogen and oxygen atoms in total. The molecule has 0 spiro atoms. The van der Waals surface area contributed by atoms with Crippen molar-refractivity contribution in [2.75, 3.05) is 7.11 Å². The summed E-state index contributed by atoms with van der Waals surface area (Å²) in [7, 11) is 1.00. The Morgan fingerprint density at radius 1 is 1.14 bits per heavy atom. The van der Waals surface area contributed by atoms with Gasteiger partial charge in [-0.2, -0.15) is 0 Å². The maximum absolute atomic E-state index is 7.00. The highest BCUT2D eigenvalue weighted by Crippen LogP contribution is 1.93. The van der Waals surface area contributed by atoms with E-state index in [1.165, 1.54) is 0 Å². The van der Waals surface area contributed by atoms with E-state index in [1.807, 2.05) is 0 Å². The maximum atomic E-state index is 7.00. The van der Waals surface area contributed by atoms with Gasteiger partial charge in [-0.1, -0.05) is 24.3 Å². The molecule has 40 valence electrons. The molecule has 0 saturated carbocycles. The van der Waals surface area contributed by atoms with Crippen LogP contribution >= 0.6 is 0 Å². The van der Waals surface area contributed by atoms with Gasteiger partial charge in [0.05, 0.1) is 0 Å². The average molecular weight is 98.1 g/mol. The van der Waals surface area contributed by atoms with Crippen LogP contribution in [0.3, 0.4) is 0 Å². The third-order valence-corrected chi connectivity index (χ3v) is 0.655. The van der Waals surface area contributed by atoms with Crippen LogP contribution in [-0.4, -0.2) is 12.2 Å². The van der Waals surface area contributed by atoms with E-state index >= 15 is 0 Å². The van der Waals surface area contributed by atoms with Gasteiger partial charge in [-0.05, 0) is 6.42 Å². The first-order valence-corrected chi connectivity index (χ1v) is 2.26. The summed E-state index contributed by atoms with van der Waals surface area (Å²) in [5, 5.41) is 7.00. The molecule has 1 rings (SSSR count). The van der Waals surface area contributed by atoms with Gasteiger partial charge in [-0.25, -0.2) is 0 Å². The molecule has 0 bridgehead atoms. The van der Waals surface area contributed by atoms with Crippen molar-refractivity contribution in [1.29, 1.82) is 0 Å². The Bertz CT molecular complexity index is 62.2. The first kappa shape index (κ1) is 6.44. The van der Waals surface area contributed by atoms with Gasteiger partial charge in [0.1, 0.15) is 0 Å². The number of rotatable bonds is 0. The first-order valence-electron chi connectivity index (χ1n) is 2.26. The lowest BCUT2D eigenvalue weighted by Crippen LogP contribution is -1.37. The quantitative estimate of drug-likeness (QED) is 0.481. The lowest BCUT2D eigenvalue weighted by molar-refractivity contribution is 0.399. The van der Waals surface area contributed by atoms with E-state index < -0.39 is 0 Å². The fourth-order valence-corrected chi connectivity index (χ4v) is 0.393. The second kappa shape index (κ2) is 5.44. The van der Waals surface area contributed by atoms with Crippen LogP contribution in [0.2, 0.25) is 0 Å². The van der Waals surface area contributed by atoms with Crippen molar-refractivity contribution >= 4 is 0 Å². The Kier molecular flexibility index (Phi) is 5.00. The third-order valence-electron chi connectivity index (χ3n) is 0.655. The van der Waals surface area contributed by atoms with Crippen molar-refractivity contribution in [3.05, 3.63) is 24.3 Å². The molecular formula is C6H10O. The molecule has 7 heavy (non-hydrogen) atoms. The molecule has 0 saturated heterocycles. The minimum absolute atomic E-state index is 1.00. The van der Waals surface area contributed by atoms with Gasteiger partial charge in [0.2, 0.25) is 0 Å². The van der Waals surface area contributed by atoms with Crippen molar-refractivity contribution < 1.29 is 5.11 Å². The molecule has 1 aliphatic carbocycles. The van der Waals surface area contributed by atoms with Gasteiger partial charge < -0.3 is 5.11 Å². The minimum atomic E-state index is 1.00. The summed E-state index contributed by atoms with van der Waals surface area (Å²) in [5.74, 6) is 0. The summed E-state index contributed by atoms with van der Waals surface area (Å²) in [6.45, 7) is 0. The zero-order chi connectivity index (χ0) is 5.54. The fourth-order valence-electron chi connectivity index (χ4n) is 0.393. The monoisotopic (exact) mass is 98.1 g/mol. The van der Waals surface area contributed by atoms with Crippen molar-refractivity contribution in [3.63, 3.8) is 0 Å². The van der Waals surface area contributed by atoms with Crippen LogP contribution in [-0.2, 0) is 0 Å². The van der Waals surface area contributed by atoms with Gasteiger partial charge >= 0.3 is 0 Å². The van der Waals surface area contributed by atoms with Gasteiger partial charge in [-0.3, -0.25) is 0 Å². The topological polar surface area (TPSA) is 20.2 Å². The highest BCUT2D eigenvalue weighted by atomic mass is 16.2. The van der Waals surface area contributed by atoms with E-state index in [9.17, 15) is 0 Å². The number of aliphatic hydroxyl groups is 1. The van der Waals surface area contributed by atoms with Crippen LogP contribution in [0.4, 0.5) is 0 Å². The predicted molar refractivity (Wildman–Crippen MR) is 31.0 cm³/mol. The summed E-state index contributed by atoms with van der Waals surface area (Å²) in [5.41, 5.74) is 0. The zero-order valence-corrected chi connectivity index (χ0v) is 4.46. The maximum Gasteiger partial charge on any atom is 0.0319 e.